The molecule has 0 atom stereocenters. The highest BCUT2D eigenvalue weighted by Crippen LogP contribution is 2.33. The van der Waals surface area contributed by atoms with Gasteiger partial charge in [-0.05, 0) is 30.9 Å². The van der Waals surface area contributed by atoms with E-state index in [9.17, 15) is 19.6 Å². The van der Waals surface area contributed by atoms with Gasteiger partial charge in [-0.15, -0.1) is 4.91 Å². The SMILES string of the molecule is O=Nc1c(O)n(C2CCCCC2)c(=O)n(C2CCCCC2)c1=O. The van der Waals surface area contributed by atoms with Crippen LogP contribution in [0.15, 0.2) is 14.8 Å². The summed E-state index contributed by atoms with van der Waals surface area (Å²) in [7, 11) is 0. The van der Waals surface area contributed by atoms with Crippen LogP contribution in [0.25, 0.3) is 0 Å². The van der Waals surface area contributed by atoms with Gasteiger partial charge in [0, 0.05) is 12.1 Å². The van der Waals surface area contributed by atoms with Crippen molar-refractivity contribution < 1.29 is 5.11 Å². The fourth-order valence-corrected chi connectivity index (χ4v) is 4.03. The molecule has 23 heavy (non-hydrogen) atoms. The first-order valence-electron chi connectivity index (χ1n) is 8.58. The molecule has 2 fully saturated rings. The van der Waals surface area contributed by atoms with E-state index in [1.54, 1.807) is 0 Å². The lowest BCUT2D eigenvalue weighted by Crippen LogP contribution is -2.43. The second kappa shape index (κ2) is 6.68. The molecular formula is C16H23N3O4. The molecule has 7 nitrogen and oxygen atoms in total. The molecule has 7 heteroatoms. The standard InChI is InChI=1S/C16H23N3O4/c20-14-13(17-23)15(21)19(12-9-5-2-6-10-12)16(22)18(14)11-7-3-1-4-8-11/h11-12,20H,1-10H2. The van der Waals surface area contributed by atoms with Gasteiger partial charge in [-0.1, -0.05) is 38.5 Å². The van der Waals surface area contributed by atoms with E-state index in [2.05, 4.69) is 5.18 Å². The van der Waals surface area contributed by atoms with E-state index in [1.807, 2.05) is 0 Å². The Hall–Kier alpha value is -1.92. The summed E-state index contributed by atoms with van der Waals surface area (Å²) in [6.45, 7) is 0. The molecule has 2 saturated carbocycles. The van der Waals surface area contributed by atoms with Crippen molar-refractivity contribution in [2.45, 2.75) is 76.3 Å². The van der Waals surface area contributed by atoms with E-state index in [4.69, 9.17) is 0 Å². The van der Waals surface area contributed by atoms with Crippen molar-refractivity contribution >= 4 is 5.69 Å². The maximum Gasteiger partial charge on any atom is 0.334 e. The van der Waals surface area contributed by atoms with Gasteiger partial charge in [0.25, 0.3) is 5.56 Å². The van der Waals surface area contributed by atoms with Crippen LogP contribution >= 0.6 is 0 Å². The van der Waals surface area contributed by atoms with Crippen molar-refractivity contribution in [1.29, 1.82) is 0 Å². The predicted molar refractivity (Wildman–Crippen MR) is 86.3 cm³/mol. The van der Waals surface area contributed by atoms with E-state index in [-0.39, 0.29) is 12.1 Å². The Bertz CT molecular complexity index is 695. The maximum absolute atomic E-state index is 12.9. The molecule has 1 aromatic rings. The molecule has 3 rings (SSSR count). The Morgan fingerprint density at radius 2 is 1.30 bits per heavy atom. The van der Waals surface area contributed by atoms with Crippen LogP contribution < -0.4 is 11.2 Å². The Labute approximate surface area is 133 Å². The second-order valence-corrected chi connectivity index (χ2v) is 6.67. The lowest BCUT2D eigenvalue weighted by atomic mass is 9.94. The van der Waals surface area contributed by atoms with Crippen molar-refractivity contribution in [1.82, 2.24) is 9.13 Å². The molecule has 0 unspecified atom stereocenters. The summed E-state index contributed by atoms with van der Waals surface area (Å²) in [5, 5.41) is 13.0. The molecule has 1 aromatic heterocycles. The monoisotopic (exact) mass is 321 g/mol. The number of aromatic nitrogens is 2. The minimum Gasteiger partial charge on any atom is -0.493 e. The van der Waals surface area contributed by atoms with Gasteiger partial charge in [-0.3, -0.25) is 13.9 Å². The Morgan fingerprint density at radius 3 is 1.78 bits per heavy atom. The zero-order valence-corrected chi connectivity index (χ0v) is 13.2. The summed E-state index contributed by atoms with van der Waals surface area (Å²) in [5.74, 6) is -0.561. The lowest BCUT2D eigenvalue weighted by Gasteiger charge is -2.28. The fraction of sp³-hybridized carbons (Fsp3) is 0.750. The quantitative estimate of drug-likeness (QED) is 0.865. The number of hydrogen-bond acceptors (Lipinski definition) is 5. The van der Waals surface area contributed by atoms with Gasteiger partial charge in [-0.25, -0.2) is 4.79 Å². The summed E-state index contributed by atoms with van der Waals surface area (Å²) in [4.78, 5) is 36.5. The van der Waals surface area contributed by atoms with Crippen LogP contribution in [0, 0.1) is 4.91 Å². The minimum atomic E-state index is -0.749. The van der Waals surface area contributed by atoms with Gasteiger partial charge < -0.3 is 5.11 Å². The highest BCUT2D eigenvalue weighted by atomic mass is 16.3. The second-order valence-electron chi connectivity index (χ2n) is 6.67. The van der Waals surface area contributed by atoms with E-state index < -0.39 is 22.8 Å². The normalized spacial score (nSPS) is 20.5. The molecule has 0 saturated heterocycles. The number of hydrogen-bond donors (Lipinski definition) is 1. The van der Waals surface area contributed by atoms with Crippen LogP contribution in [0.4, 0.5) is 5.69 Å². The van der Waals surface area contributed by atoms with Gasteiger partial charge in [0.05, 0.1) is 0 Å². The van der Waals surface area contributed by atoms with Crippen LogP contribution in [0.1, 0.15) is 76.3 Å². The van der Waals surface area contributed by atoms with E-state index in [0.29, 0.717) is 0 Å². The summed E-state index contributed by atoms with van der Waals surface area (Å²) < 4.78 is 2.41. The summed E-state index contributed by atoms with van der Waals surface area (Å²) in [5.41, 5.74) is -1.76. The molecule has 0 spiro atoms. The van der Waals surface area contributed by atoms with E-state index >= 15 is 0 Å². The zero-order valence-electron chi connectivity index (χ0n) is 13.2. The van der Waals surface area contributed by atoms with Gasteiger partial charge in [-0.2, -0.15) is 0 Å². The summed E-state index contributed by atoms with van der Waals surface area (Å²) in [6, 6.07) is -0.355. The Kier molecular flexibility index (Phi) is 4.63. The number of nitrogens with zero attached hydrogens (tertiary/aromatic N) is 3. The van der Waals surface area contributed by atoms with Crippen molar-refractivity contribution in [3.8, 4) is 5.88 Å². The molecule has 1 heterocycles. The zero-order chi connectivity index (χ0) is 16.4. The highest BCUT2D eigenvalue weighted by molar-refractivity contribution is 5.44. The number of rotatable bonds is 3. The van der Waals surface area contributed by atoms with Crippen molar-refractivity contribution in [3.05, 3.63) is 25.7 Å². The van der Waals surface area contributed by atoms with Crippen molar-refractivity contribution in [3.63, 3.8) is 0 Å². The van der Waals surface area contributed by atoms with Crippen LogP contribution in [0.3, 0.4) is 0 Å². The van der Waals surface area contributed by atoms with Crippen molar-refractivity contribution in [2.24, 2.45) is 5.18 Å². The van der Waals surface area contributed by atoms with Crippen LogP contribution in [-0.4, -0.2) is 14.2 Å². The summed E-state index contributed by atoms with van der Waals surface area (Å²) in [6.07, 6.45) is 9.13. The topological polar surface area (TPSA) is 93.7 Å². The molecule has 126 valence electrons. The third kappa shape index (κ3) is 2.84. The van der Waals surface area contributed by atoms with Gasteiger partial charge in [0.15, 0.2) is 0 Å². The molecule has 0 amide bonds. The first-order valence-corrected chi connectivity index (χ1v) is 8.58. The summed E-state index contributed by atoms with van der Waals surface area (Å²) >= 11 is 0. The first-order chi connectivity index (χ1) is 11.1. The van der Waals surface area contributed by atoms with Crippen LogP contribution in [0.2, 0.25) is 0 Å². The molecule has 0 aromatic carbocycles. The third-order valence-electron chi connectivity index (χ3n) is 5.24. The van der Waals surface area contributed by atoms with E-state index in [0.717, 1.165) is 64.2 Å². The van der Waals surface area contributed by atoms with Gasteiger partial charge in [0.2, 0.25) is 11.6 Å². The molecule has 0 bridgehead atoms. The molecular weight excluding hydrogens is 298 g/mol. The highest BCUT2D eigenvalue weighted by Gasteiger charge is 2.29. The molecule has 0 aliphatic heterocycles. The molecule has 1 N–H and O–H groups in total. The molecule has 0 radical (unpaired) electrons. The van der Waals surface area contributed by atoms with Gasteiger partial charge in [0.1, 0.15) is 0 Å². The molecule has 2 aliphatic carbocycles. The smallest absolute Gasteiger partial charge is 0.334 e. The minimum absolute atomic E-state index is 0.160. The van der Waals surface area contributed by atoms with Crippen molar-refractivity contribution in [2.75, 3.05) is 0 Å². The first kappa shape index (κ1) is 16.0. The molecule has 2 aliphatic rings. The number of nitroso groups, excluding NO2 is 1. The largest absolute Gasteiger partial charge is 0.493 e. The Balaban J connectivity index is 2.16. The van der Waals surface area contributed by atoms with Crippen LogP contribution in [-0.2, 0) is 0 Å². The average Bonchev–Trinajstić information content (AvgIpc) is 2.57. The Morgan fingerprint density at radius 1 is 0.826 bits per heavy atom. The third-order valence-corrected chi connectivity index (χ3v) is 5.24. The fourth-order valence-electron chi connectivity index (χ4n) is 4.03. The maximum atomic E-state index is 12.9. The number of aromatic hydroxyl groups is 1. The van der Waals surface area contributed by atoms with Gasteiger partial charge >= 0.3 is 5.69 Å². The average molecular weight is 321 g/mol. The predicted octanol–water partition coefficient (Wildman–Crippen LogP) is 3.12. The van der Waals surface area contributed by atoms with E-state index in [1.165, 1.54) is 9.13 Å². The lowest BCUT2D eigenvalue weighted by molar-refractivity contribution is 0.273. The van der Waals surface area contributed by atoms with Crippen LogP contribution in [0.5, 0.6) is 5.88 Å².